The van der Waals surface area contributed by atoms with E-state index in [9.17, 15) is 8.42 Å². The zero-order valence-electron chi connectivity index (χ0n) is 10.8. The van der Waals surface area contributed by atoms with E-state index in [4.69, 9.17) is 10.8 Å². The van der Waals surface area contributed by atoms with Gasteiger partial charge in [-0.25, -0.2) is 13.1 Å². The average Bonchev–Trinajstić information content (AvgIpc) is 2.37. The first-order chi connectivity index (χ1) is 8.90. The molecule has 0 amide bonds. The van der Waals surface area contributed by atoms with Crippen LogP contribution in [-0.2, 0) is 10.0 Å². The summed E-state index contributed by atoms with van der Waals surface area (Å²) < 4.78 is 27.5. The Bertz CT molecular complexity index is 520. The third kappa shape index (κ3) is 4.76. The molecular weight excluding hydrogens is 332 g/mol. The average molecular weight is 351 g/mol. The highest BCUT2D eigenvalue weighted by atomic mass is 79.9. The number of nitrogen functional groups attached to an aromatic ring is 1. The van der Waals surface area contributed by atoms with Crippen molar-refractivity contribution in [3.63, 3.8) is 0 Å². The van der Waals surface area contributed by atoms with Crippen LogP contribution in [0, 0.1) is 5.92 Å². The molecule has 108 valence electrons. The molecule has 1 rings (SSSR count). The maximum Gasteiger partial charge on any atom is 0.242 e. The van der Waals surface area contributed by atoms with Crippen molar-refractivity contribution < 1.29 is 13.5 Å². The van der Waals surface area contributed by atoms with Gasteiger partial charge in [-0.05, 0) is 30.5 Å². The predicted octanol–water partition coefficient (Wildman–Crippen LogP) is 1.72. The number of benzene rings is 1. The van der Waals surface area contributed by atoms with Gasteiger partial charge in [0.1, 0.15) is 4.90 Å². The number of sulfonamides is 1. The fraction of sp³-hybridized carbons (Fsp3) is 0.500. The highest BCUT2D eigenvalue weighted by Gasteiger charge is 2.19. The van der Waals surface area contributed by atoms with Gasteiger partial charge < -0.3 is 10.8 Å². The van der Waals surface area contributed by atoms with Gasteiger partial charge in [0.25, 0.3) is 0 Å². The van der Waals surface area contributed by atoms with E-state index in [-0.39, 0.29) is 23.1 Å². The quantitative estimate of drug-likeness (QED) is 0.652. The Kier molecular flexibility index (Phi) is 6.25. The van der Waals surface area contributed by atoms with E-state index in [1.807, 2.05) is 6.92 Å². The number of nitrogens with one attached hydrogen (secondary N) is 1. The van der Waals surface area contributed by atoms with Crippen molar-refractivity contribution >= 4 is 31.6 Å². The van der Waals surface area contributed by atoms with Gasteiger partial charge in [-0.1, -0.05) is 29.3 Å². The van der Waals surface area contributed by atoms with E-state index < -0.39 is 10.0 Å². The van der Waals surface area contributed by atoms with Crippen molar-refractivity contribution in [3.05, 3.63) is 22.7 Å². The Morgan fingerprint density at radius 2 is 2.16 bits per heavy atom. The maximum absolute atomic E-state index is 12.2. The first-order valence-corrected chi connectivity index (χ1v) is 8.34. The zero-order valence-corrected chi connectivity index (χ0v) is 13.2. The Morgan fingerprint density at radius 3 is 2.74 bits per heavy atom. The van der Waals surface area contributed by atoms with E-state index in [1.54, 1.807) is 12.1 Å². The van der Waals surface area contributed by atoms with E-state index >= 15 is 0 Å². The topological polar surface area (TPSA) is 92.4 Å². The van der Waals surface area contributed by atoms with Gasteiger partial charge in [-0.3, -0.25) is 0 Å². The normalized spacial score (nSPS) is 13.4. The lowest BCUT2D eigenvalue weighted by molar-refractivity contribution is 0.254. The molecule has 4 N–H and O–H groups in total. The zero-order chi connectivity index (χ0) is 14.5. The molecule has 0 aliphatic heterocycles. The molecule has 0 aliphatic carbocycles. The summed E-state index contributed by atoms with van der Waals surface area (Å²) in [5.41, 5.74) is 5.91. The lowest BCUT2D eigenvalue weighted by atomic mass is 10.0. The van der Waals surface area contributed by atoms with Crippen LogP contribution in [0.5, 0.6) is 0 Å². The lowest BCUT2D eigenvalue weighted by Crippen LogP contribution is -2.30. The Balaban J connectivity index is 2.83. The Hall–Kier alpha value is -0.630. The van der Waals surface area contributed by atoms with E-state index in [0.29, 0.717) is 17.4 Å². The Labute approximate surface area is 122 Å². The molecule has 0 saturated carbocycles. The van der Waals surface area contributed by atoms with Crippen LogP contribution in [0.4, 0.5) is 5.69 Å². The van der Waals surface area contributed by atoms with E-state index in [1.165, 1.54) is 6.07 Å². The molecule has 0 radical (unpaired) electrons. The second-order valence-electron chi connectivity index (χ2n) is 4.32. The lowest BCUT2D eigenvalue weighted by Gasteiger charge is -2.15. The summed E-state index contributed by atoms with van der Waals surface area (Å²) in [6, 6.07) is 4.71. The van der Waals surface area contributed by atoms with Crippen LogP contribution in [0.15, 0.2) is 27.6 Å². The van der Waals surface area contributed by atoms with E-state index in [0.717, 1.165) is 6.42 Å². The highest BCUT2D eigenvalue weighted by Crippen LogP contribution is 2.23. The summed E-state index contributed by atoms with van der Waals surface area (Å²) in [7, 11) is -3.62. The second kappa shape index (κ2) is 7.23. The molecule has 19 heavy (non-hydrogen) atoms. The number of nitrogens with two attached hydrogens (primary N) is 1. The Morgan fingerprint density at radius 1 is 1.47 bits per heavy atom. The van der Waals surface area contributed by atoms with Crippen LogP contribution < -0.4 is 10.5 Å². The van der Waals surface area contributed by atoms with Crippen LogP contribution in [0.1, 0.15) is 19.8 Å². The van der Waals surface area contributed by atoms with Crippen LogP contribution in [0.25, 0.3) is 0 Å². The maximum atomic E-state index is 12.2. The van der Waals surface area contributed by atoms with Crippen LogP contribution >= 0.6 is 15.9 Å². The molecule has 0 aliphatic rings. The number of aliphatic hydroxyl groups excluding tert-OH is 1. The number of hydrogen-bond acceptors (Lipinski definition) is 4. The SMILES string of the molecule is CCC(CCO)CNS(=O)(=O)c1cc(Br)ccc1N. The van der Waals surface area contributed by atoms with E-state index in [2.05, 4.69) is 20.7 Å². The molecule has 0 bridgehead atoms. The van der Waals surface area contributed by atoms with Crippen molar-refractivity contribution in [3.8, 4) is 0 Å². The first kappa shape index (κ1) is 16.4. The largest absolute Gasteiger partial charge is 0.398 e. The standard InChI is InChI=1S/C12H19BrN2O3S/c1-2-9(5-6-16)8-15-19(17,18)12-7-10(13)3-4-11(12)14/h3-4,7,9,15-16H,2,5-6,8,14H2,1H3. The first-order valence-electron chi connectivity index (χ1n) is 6.06. The number of aliphatic hydroxyl groups is 1. The molecule has 7 heteroatoms. The second-order valence-corrected chi connectivity index (χ2v) is 6.97. The molecule has 1 aromatic carbocycles. The summed E-state index contributed by atoms with van der Waals surface area (Å²) >= 11 is 3.23. The molecule has 0 heterocycles. The molecule has 1 aromatic rings. The van der Waals surface area contributed by atoms with Crippen molar-refractivity contribution in [2.75, 3.05) is 18.9 Å². The number of rotatable bonds is 7. The predicted molar refractivity (Wildman–Crippen MR) is 79.2 cm³/mol. The van der Waals surface area contributed by atoms with Gasteiger partial charge in [0.05, 0.1) is 5.69 Å². The number of hydrogen-bond donors (Lipinski definition) is 3. The molecule has 1 atom stereocenters. The van der Waals surface area contributed by atoms with Gasteiger partial charge in [0.2, 0.25) is 10.0 Å². The van der Waals surface area contributed by atoms with Gasteiger partial charge in [0, 0.05) is 17.6 Å². The molecule has 0 spiro atoms. The fourth-order valence-electron chi connectivity index (χ4n) is 1.68. The van der Waals surface area contributed by atoms with Crippen LogP contribution in [0.3, 0.4) is 0 Å². The van der Waals surface area contributed by atoms with Gasteiger partial charge >= 0.3 is 0 Å². The van der Waals surface area contributed by atoms with Crippen molar-refractivity contribution in [1.82, 2.24) is 4.72 Å². The van der Waals surface area contributed by atoms with Crippen LogP contribution in [0.2, 0.25) is 0 Å². The minimum atomic E-state index is -3.62. The van der Waals surface area contributed by atoms with Crippen molar-refractivity contribution in [2.24, 2.45) is 5.92 Å². The molecule has 5 nitrogen and oxygen atoms in total. The van der Waals surface area contributed by atoms with Gasteiger partial charge in [-0.2, -0.15) is 0 Å². The van der Waals surface area contributed by atoms with Gasteiger partial charge in [-0.15, -0.1) is 0 Å². The molecule has 0 saturated heterocycles. The smallest absolute Gasteiger partial charge is 0.242 e. The molecule has 0 fully saturated rings. The minimum Gasteiger partial charge on any atom is -0.398 e. The van der Waals surface area contributed by atoms with Crippen molar-refractivity contribution in [1.29, 1.82) is 0 Å². The number of anilines is 1. The van der Waals surface area contributed by atoms with Crippen LogP contribution in [-0.4, -0.2) is 26.7 Å². The van der Waals surface area contributed by atoms with Gasteiger partial charge in [0.15, 0.2) is 0 Å². The third-order valence-corrected chi connectivity index (χ3v) is 4.91. The summed E-state index contributed by atoms with van der Waals surface area (Å²) in [5.74, 6) is 0.119. The summed E-state index contributed by atoms with van der Waals surface area (Å²) in [4.78, 5) is 0.0701. The summed E-state index contributed by atoms with van der Waals surface area (Å²) in [5, 5.41) is 8.89. The molecule has 1 unspecified atom stereocenters. The monoisotopic (exact) mass is 350 g/mol. The minimum absolute atomic E-state index is 0.0548. The molecular formula is C12H19BrN2O3S. The summed E-state index contributed by atoms with van der Waals surface area (Å²) in [6.07, 6.45) is 1.38. The molecule has 0 aromatic heterocycles. The highest BCUT2D eigenvalue weighted by molar-refractivity contribution is 9.10. The fourth-order valence-corrected chi connectivity index (χ4v) is 3.46. The summed E-state index contributed by atoms with van der Waals surface area (Å²) in [6.45, 7) is 2.31. The number of halogens is 1. The third-order valence-electron chi connectivity index (χ3n) is 2.94. The van der Waals surface area contributed by atoms with Crippen molar-refractivity contribution in [2.45, 2.75) is 24.7 Å².